The lowest BCUT2D eigenvalue weighted by atomic mass is 10.1. The van der Waals surface area contributed by atoms with Gasteiger partial charge >= 0.3 is 0 Å². The lowest BCUT2D eigenvalue weighted by Crippen LogP contribution is -2.08. The normalized spacial score (nSPS) is 11.5. The maximum absolute atomic E-state index is 4.53. The van der Waals surface area contributed by atoms with E-state index >= 15 is 0 Å². The van der Waals surface area contributed by atoms with E-state index < -0.39 is 0 Å². The molecule has 7 heteroatoms. The average Bonchev–Trinajstić information content (AvgIpc) is 3.11. The summed E-state index contributed by atoms with van der Waals surface area (Å²) in [7, 11) is 0. The molecule has 3 aromatic rings. The molecule has 0 unspecified atom stereocenters. The molecule has 2 N–H and O–H groups in total. The molecule has 0 spiro atoms. The molecule has 3 heterocycles. The molecule has 122 valence electrons. The topological polar surface area (TPSA) is 83.8 Å². The fourth-order valence-corrected chi connectivity index (χ4v) is 2.69. The number of nitrogens with zero attached hydrogens (tertiary/aromatic N) is 5. The number of aromatic nitrogens is 6. The van der Waals surface area contributed by atoms with Crippen LogP contribution in [0, 0.1) is 13.8 Å². The van der Waals surface area contributed by atoms with Crippen molar-refractivity contribution in [3.05, 3.63) is 35.0 Å². The van der Waals surface area contributed by atoms with Crippen molar-refractivity contribution in [3.63, 3.8) is 0 Å². The Kier molecular flexibility index (Phi) is 4.27. The number of H-pyrrole nitrogens is 1. The van der Waals surface area contributed by atoms with Crippen LogP contribution in [0.2, 0.25) is 0 Å². The van der Waals surface area contributed by atoms with Crippen LogP contribution in [0.15, 0.2) is 12.4 Å². The van der Waals surface area contributed by atoms with Crippen LogP contribution in [-0.4, -0.2) is 36.6 Å². The molecule has 0 amide bonds. The smallest absolute Gasteiger partial charge is 0.200 e. The van der Waals surface area contributed by atoms with Gasteiger partial charge in [0.25, 0.3) is 0 Å². The first-order chi connectivity index (χ1) is 11.1. The van der Waals surface area contributed by atoms with Crippen LogP contribution >= 0.6 is 0 Å². The minimum atomic E-state index is 0.360. The quantitative estimate of drug-likeness (QED) is 0.683. The summed E-state index contributed by atoms with van der Waals surface area (Å²) < 4.78 is 1.74. The van der Waals surface area contributed by atoms with Gasteiger partial charge in [0, 0.05) is 12.2 Å². The van der Waals surface area contributed by atoms with Gasteiger partial charge in [0.1, 0.15) is 6.33 Å². The van der Waals surface area contributed by atoms with Crippen LogP contribution in [-0.2, 0) is 6.42 Å². The number of fused-ring (bicyclic) bond motifs is 1. The Morgan fingerprint density at radius 1 is 1.30 bits per heavy atom. The Bertz CT molecular complexity index is 780. The lowest BCUT2D eigenvalue weighted by Gasteiger charge is -2.11. The Hall–Kier alpha value is -2.44. The van der Waals surface area contributed by atoms with Gasteiger partial charge in [-0.2, -0.15) is 14.7 Å². The summed E-state index contributed by atoms with van der Waals surface area (Å²) in [6, 6.07) is 2.07. The molecule has 0 aliphatic heterocycles. The third-order valence-electron chi connectivity index (χ3n) is 4.08. The number of hydrogen-bond donors (Lipinski definition) is 2. The van der Waals surface area contributed by atoms with Crippen LogP contribution in [0.5, 0.6) is 0 Å². The molecule has 3 aromatic heterocycles. The fourth-order valence-electron chi connectivity index (χ4n) is 2.69. The molecule has 0 aliphatic carbocycles. The number of aryl methyl sites for hydroxylation is 2. The second-order valence-corrected chi connectivity index (χ2v) is 6.18. The summed E-state index contributed by atoms with van der Waals surface area (Å²) in [5.74, 6) is 0.360. The Balaban J connectivity index is 1.68. The zero-order valence-corrected chi connectivity index (χ0v) is 14.1. The van der Waals surface area contributed by atoms with Crippen molar-refractivity contribution in [2.24, 2.45) is 0 Å². The highest BCUT2D eigenvalue weighted by molar-refractivity contribution is 5.66. The molecule has 0 aliphatic rings. The van der Waals surface area contributed by atoms with Gasteiger partial charge in [-0.25, -0.2) is 0 Å². The van der Waals surface area contributed by atoms with E-state index in [9.17, 15) is 0 Å². The minimum Gasteiger partial charge on any atom is -0.382 e. The summed E-state index contributed by atoms with van der Waals surface area (Å²) in [4.78, 5) is 0. The predicted molar refractivity (Wildman–Crippen MR) is 89.7 cm³/mol. The van der Waals surface area contributed by atoms with Crippen molar-refractivity contribution in [1.29, 1.82) is 0 Å². The van der Waals surface area contributed by atoms with E-state index in [4.69, 9.17) is 0 Å². The molecule has 23 heavy (non-hydrogen) atoms. The first kappa shape index (κ1) is 15.5. The average molecular weight is 313 g/mol. The largest absolute Gasteiger partial charge is 0.382 e. The van der Waals surface area contributed by atoms with E-state index in [1.165, 1.54) is 5.56 Å². The van der Waals surface area contributed by atoms with Crippen molar-refractivity contribution in [1.82, 2.24) is 30.0 Å². The van der Waals surface area contributed by atoms with Gasteiger partial charge in [-0.15, -0.1) is 10.2 Å². The fraction of sp³-hybridized carbons (Fsp3) is 0.500. The molecular formula is C16H23N7. The number of anilines is 1. The summed E-state index contributed by atoms with van der Waals surface area (Å²) in [6.07, 6.45) is 3.68. The molecule has 7 nitrogen and oxygen atoms in total. The Morgan fingerprint density at radius 2 is 2.13 bits per heavy atom. The first-order valence-electron chi connectivity index (χ1n) is 8.01. The molecule has 0 fully saturated rings. The SMILES string of the molecule is Cc1n[nH]c(C)c1CCCNc1cc(C(C)C)nn2cnnc12. The highest BCUT2D eigenvalue weighted by Crippen LogP contribution is 2.20. The number of nitrogens with one attached hydrogen (secondary N) is 2. The van der Waals surface area contributed by atoms with Gasteiger partial charge in [-0.3, -0.25) is 5.10 Å². The molecule has 3 rings (SSSR count). The molecule has 0 saturated carbocycles. The van der Waals surface area contributed by atoms with Crippen LogP contribution in [0.1, 0.15) is 48.8 Å². The van der Waals surface area contributed by atoms with Crippen molar-refractivity contribution in [2.45, 2.75) is 46.5 Å². The molecular weight excluding hydrogens is 290 g/mol. The van der Waals surface area contributed by atoms with E-state index in [1.807, 2.05) is 6.92 Å². The second-order valence-electron chi connectivity index (χ2n) is 6.18. The Labute approximate surface area is 135 Å². The maximum atomic E-state index is 4.53. The number of hydrogen-bond acceptors (Lipinski definition) is 5. The lowest BCUT2D eigenvalue weighted by molar-refractivity contribution is 0.761. The van der Waals surface area contributed by atoms with Crippen LogP contribution in [0.3, 0.4) is 0 Å². The van der Waals surface area contributed by atoms with Crippen molar-refractivity contribution in [2.75, 3.05) is 11.9 Å². The molecule has 0 saturated heterocycles. The van der Waals surface area contributed by atoms with Gasteiger partial charge in [0.2, 0.25) is 5.65 Å². The monoisotopic (exact) mass is 313 g/mol. The summed E-state index contributed by atoms with van der Waals surface area (Å²) >= 11 is 0. The molecule has 0 aromatic carbocycles. The standard InChI is InChI=1S/C16H23N7/c1-10(2)14-8-15(16-21-18-9-23(16)22-14)17-7-5-6-13-11(3)19-20-12(13)4/h8-10,17H,5-7H2,1-4H3,(H,19,20). The Morgan fingerprint density at radius 3 is 2.83 bits per heavy atom. The van der Waals surface area contributed by atoms with Crippen molar-refractivity contribution in [3.8, 4) is 0 Å². The first-order valence-corrected chi connectivity index (χ1v) is 8.01. The van der Waals surface area contributed by atoms with Gasteiger partial charge in [0.15, 0.2) is 0 Å². The zero-order valence-electron chi connectivity index (χ0n) is 14.1. The summed E-state index contributed by atoms with van der Waals surface area (Å²) in [5.41, 5.74) is 6.35. The van der Waals surface area contributed by atoms with E-state index in [0.29, 0.717) is 5.92 Å². The molecule has 0 radical (unpaired) electrons. The zero-order chi connectivity index (χ0) is 16.4. The van der Waals surface area contributed by atoms with Gasteiger partial charge in [-0.1, -0.05) is 13.8 Å². The predicted octanol–water partition coefficient (Wildman–Crippen LogP) is 2.63. The van der Waals surface area contributed by atoms with Crippen LogP contribution in [0.25, 0.3) is 5.65 Å². The van der Waals surface area contributed by atoms with Gasteiger partial charge in [-0.05, 0) is 44.2 Å². The maximum Gasteiger partial charge on any atom is 0.200 e. The van der Waals surface area contributed by atoms with Crippen molar-refractivity contribution >= 4 is 11.3 Å². The molecule has 0 bridgehead atoms. The van der Waals surface area contributed by atoms with Crippen LogP contribution < -0.4 is 5.32 Å². The second kappa shape index (κ2) is 6.36. The van der Waals surface area contributed by atoms with Crippen LogP contribution in [0.4, 0.5) is 5.69 Å². The molecule has 0 atom stereocenters. The van der Waals surface area contributed by atoms with Gasteiger partial charge < -0.3 is 5.32 Å². The third-order valence-corrected chi connectivity index (χ3v) is 4.08. The van der Waals surface area contributed by atoms with E-state index in [1.54, 1.807) is 10.8 Å². The number of rotatable bonds is 6. The summed E-state index contributed by atoms with van der Waals surface area (Å²) in [5, 5.41) is 23.4. The van der Waals surface area contributed by atoms with E-state index in [2.05, 4.69) is 57.6 Å². The van der Waals surface area contributed by atoms with Gasteiger partial charge in [0.05, 0.1) is 17.1 Å². The van der Waals surface area contributed by atoms with Crippen molar-refractivity contribution < 1.29 is 0 Å². The number of aromatic amines is 1. The minimum absolute atomic E-state index is 0.360. The van der Waals surface area contributed by atoms with E-state index in [-0.39, 0.29) is 0 Å². The summed E-state index contributed by atoms with van der Waals surface area (Å²) in [6.45, 7) is 9.25. The highest BCUT2D eigenvalue weighted by Gasteiger charge is 2.10. The third kappa shape index (κ3) is 3.18. The van der Waals surface area contributed by atoms with E-state index in [0.717, 1.165) is 47.8 Å². The highest BCUT2D eigenvalue weighted by atomic mass is 15.3.